The number of alkyl halides is 3. The van der Waals surface area contributed by atoms with Crippen molar-refractivity contribution in [1.82, 2.24) is 15.3 Å². The molecule has 0 aliphatic rings. The number of carbonyl (C=O) groups is 2. The molecule has 0 saturated heterocycles. The number of aromatic nitrogens is 2. The Bertz CT molecular complexity index is 951. The van der Waals surface area contributed by atoms with E-state index >= 15 is 0 Å². The maximum atomic E-state index is 12.7. The third-order valence-electron chi connectivity index (χ3n) is 4.08. The summed E-state index contributed by atoms with van der Waals surface area (Å²) in [5, 5.41) is 5.37. The lowest BCUT2D eigenvalue weighted by Crippen LogP contribution is -2.27. The maximum Gasteiger partial charge on any atom is 0.422 e. The van der Waals surface area contributed by atoms with Gasteiger partial charge in [0.2, 0.25) is 5.91 Å². The van der Waals surface area contributed by atoms with Crippen LogP contribution < -0.4 is 20.1 Å². The van der Waals surface area contributed by atoms with Gasteiger partial charge in [-0.1, -0.05) is 6.92 Å². The normalized spacial score (nSPS) is 12.1. The molecule has 1 unspecified atom stereocenters. The topological polar surface area (TPSA) is 102 Å². The summed E-state index contributed by atoms with van der Waals surface area (Å²) in [5.74, 6) is -0.695. The standard InChI is InChI=1S/C20H23F3N4O4/c1-5-17(28)27-16-8-13(6-11(2)25-16)18(29)26-12(3)14-7-15(30-4)19(24-9-14)31-10-20(21,22)23/h6-9,12H,5,10H2,1-4H3,(H,26,29)(H,25,27,28). The quantitative estimate of drug-likeness (QED) is 0.651. The van der Waals surface area contributed by atoms with Crippen LogP contribution in [0.5, 0.6) is 11.6 Å². The van der Waals surface area contributed by atoms with Crippen LogP contribution in [-0.4, -0.2) is 41.7 Å². The first-order valence-corrected chi connectivity index (χ1v) is 9.35. The van der Waals surface area contributed by atoms with E-state index in [1.54, 1.807) is 26.8 Å². The summed E-state index contributed by atoms with van der Waals surface area (Å²) in [4.78, 5) is 32.3. The minimum Gasteiger partial charge on any atom is -0.491 e. The fraction of sp³-hybridized carbons (Fsp3) is 0.400. The highest BCUT2D eigenvalue weighted by atomic mass is 19.4. The van der Waals surface area contributed by atoms with Crippen molar-refractivity contribution in [1.29, 1.82) is 0 Å². The van der Waals surface area contributed by atoms with Crippen molar-refractivity contribution in [3.05, 3.63) is 41.2 Å². The van der Waals surface area contributed by atoms with Gasteiger partial charge < -0.3 is 20.1 Å². The van der Waals surface area contributed by atoms with Crippen LogP contribution in [0.15, 0.2) is 24.4 Å². The van der Waals surface area contributed by atoms with Crippen molar-refractivity contribution in [3.63, 3.8) is 0 Å². The molecule has 168 valence electrons. The summed E-state index contributed by atoms with van der Waals surface area (Å²) in [6.07, 6.45) is -2.94. The predicted molar refractivity (Wildman–Crippen MR) is 106 cm³/mol. The van der Waals surface area contributed by atoms with Gasteiger partial charge in [0.25, 0.3) is 11.8 Å². The van der Waals surface area contributed by atoms with Crippen molar-refractivity contribution >= 4 is 17.6 Å². The first-order valence-electron chi connectivity index (χ1n) is 9.35. The van der Waals surface area contributed by atoms with Gasteiger partial charge in [0, 0.05) is 23.9 Å². The van der Waals surface area contributed by atoms with Gasteiger partial charge in [0.1, 0.15) is 5.82 Å². The molecule has 0 saturated carbocycles. The van der Waals surface area contributed by atoms with E-state index in [9.17, 15) is 22.8 Å². The Labute approximate surface area is 177 Å². The van der Waals surface area contributed by atoms with Crippen molar-refractivity contribution in [3.8, 4) is 11.6 Å². The molecule has 1 atom stereocenters. The maximum absolute atomic E-state index is 12.7. The number of halogens is 3. The van der Waals surface area contributed by atoms with Crippen LogP contribution in [0.4, 0.5) is 19.0 Å². The van der Waals surface area contributed by atoms with E-state index in [0.29, 0.717) is 11.3 Å². The number of pyridine rings is 2. The third kappa shape index (κ3) is 7.12. The molecule has 2 heterocycles. The minimum absolute atomic E-state index is 0.00664. The number of nitrogens with one attached hydrogen (secondary N) is 2. The van der Waals surface area contributed by atoms with E-state index < -0.39 is 24.7 Å². The Kier molecular flexibility index (Phi) is 7.78. The highest BCUT2D eigenvalue weighted by Gasteiger charge is 2.29. The molecular weight excluding hydrogens is 417 g/mol. The molecule has 0 aliphatic carbocycles. The summed E-state index contributed by atoms with van der Waals surface area (Å²) in [6, 6.07) is 3.91. The lowest BCUT2D eigenvalue weighted by atomic mass is 10.1. The van der Waals surface area contributed by atoms with Crippen LogP contribution in [0.1, 0.15) is 47.9 Å². The summed E-state index contributed by atoms with van der Waals surface area (Å²) in [5.41, 5.74) is 1.33. The van der Waals surface area contributed by atoms with Crippen molar-refractivity contribution in [2.24, 2.45) is 0 Å². The van der Waals surface area contributed by atoms with Crippen molar-refractivity contribution in [2.75, 3.05) is 19.0 Å². The third-order valence-corrected chi connectivity index (χ3v) is 4.08. The number of aryl methyl sites for hydroxylation is 1. The van der Waals surface area contributed by atoms with E-state index in [-0.39, 0.29) is 35.3 Å². The number of nitrogens with zero attached hydrogens (tertiary/aromatic N) is 2. The Balaban J connectivity index is 2.14. The molecule has 2 amide bonds. The highest BCUT2D eigenvalue weighted by molar-refractivity contribution is 5.96. The van der Waals surface area contributed by atoms with Crippen LogP contribution >= 0.6 is 0 Å². The van der Waals surface area contributed by atoms with Gasteiger partial charge in [-0.05, 0) is 37.6 Å². The number of ether oxygens (including phenoxy) is 2. The lowest BCUT2D eigenvalue weighted by molar-refractivity contribution is -0.154. The van der Waals surface area contributed by atoms with Crippen molar-refractivity contribution < 1.29 is 32.2 Å². The van der Waals surface area contributed by atoms with Gasteiger partial charge in [0.15, 0.2) is 12.4 Å². The largest absolute Gasteiger partial charge is 0.491 e. The fourth-order valence-corrected chi connectivity index (χ4v) is 2.55. The van der Waals surface area contributed by atoms with Gasteiger partial charge in [-0.25, -0.2) is 9.97 Å². The number of carbonyl (C=O) groups excluding carboxylic acids is 2. The van der Waals surface area contributed by atoms with E-state index in [1.165, 1.54) is 25.4 Å². The minimum atomic E-state index is -4.51. The van der Waals surface area contributed by atoms with Gasteiger partial charge in [-0.2, -0.15) is 13.2 Å². The summed E-state index contributed by atoms with van der Waals surface area (Å²) < 4.78 is 46.8. The van der Waals surface area contributed by atoms with Gasteiger partial charge in [0.05, 0.1) is 13.2 Å². The van der Waals surface area contributed by atoms with Crippen LogP contribution in [0.25, 0.3) is 0 Å². The molecule has 11 heteroatoms. The molecule has 31 heavy (non-hydrogen) atoms. The summed E-state index contributed by atoms with van der Waals surface area (Å²) >= 11 is 0. The predicted octanol–water partition coefficient (Wildman–Crippen LogP) is 3.57. The first kappa shape index (κ1) is 23.9. The van der Waals surface area contributed by atoms with Crippen molar-refractivity contribution in [2.45, 2.75) is 39.4 Å². The van der Waals surface area contributed by atoms with E-state index in [0.717, 1.165) is 0 Å². The Morgan fingerprint density at radius 3 is 2.55 bits per heavy atom. The van der Waals surface area contributed by atoms with Crippen LogP contribution in [0.2, 0.25) is 0 Å². The zero-order valence-corrected chi connectivity index (χ0v) is 17.5. The van der Waals surface area contributed by atoms with Gasteiger partial charge >= 0.3 is 6.18 Å². The number of rotatable bonds is 8. The second-order valence-corrected chi connectivity index (χ2v) is 6.66. The Morgan fingerprint density at radius 2 is 1.94 bits per heavy atom. The molecule has 0 spiro atoms. The molecule has 2 aromatic rings. The van der Waals surface area contributed by atoms with Crippen LogP contribution in [0.3, 0.4) is 0 Å². The lowest BCUT2D eigenvalue weighted by Gasteiger charge is -2.17. The molecule has 0 bridgehead atoms. The van der Waals surface area contributed by atoms with E-state index in [4.69, 9.17) is 4.74 Å². The molecule has 0 aliphatic heterocycles. The first-order chi connectivity index (χ1) is 14.5. The van der Waals surface area contributed by atoms with E-state index in [2.05, 4.69) is 25.3 Å². The Morgan fingerprint density at radius 1 is 1.23 bits per heavy atom. The average molecular weight is 440 g/mol. The second kappa shape index (κ2) is 10.1. The number of methoxy groups -OCH3 is 1. The number of amides is 2. The zero-order valence-electron chi connectivity index (χ0n) is 17.5. The highest BCUT2D eigenvalue weighted by Crippen LogP contribution is 2.29. The fourth-order valence-electron chi connectivity index (χ4n) is 2.55. The van der Waals surface area contributed by atoms with E-state index in [1.807, 2.05) is 0 Å². The number of hydrogen-bond donors (Lipinski definition) is 2. The molecule has 2 aromatic heterocycles. The monoisotopic (exact) mass is 440 g/mol. The summed E-state index contributed by atoms with van der Waals surface area (Å²) in [6.45, 7) is 3.57. The van der Waals surface area contributed by atoms with Crippen LogP contribution in [0, 0.1) is 6.92 Å². The SMILES string of the molecule is CCC(=O)Nc1cc(C(=O)NC(C)c2cnc(OCC(F)(F)F)c(OC)c2)cc(C)n1. The molecule has 2 N–H and O–H groups in total. The number of hydrogen-bond acceptors (Lipinski definition) is 6. The smallest absolute Gasteiger partial charge is 0.422 e. The molecule has 0 aromatic carbocycles. The molecule has 8 nitrogen and oxygen atoms in total. The number of anilines is 1. The second-order valence-electron chi connectivity index (χ2n) is 6.66. The molecule has 2 rings (SSSR count). The molecular formula is C20H23F3N4O4. The van der Waals surface area contributed by atoms with Crippen LogP contribution in [-0.2, 0) is 4.79 Å². The zero-order chi connectivity index (χ0) is 23.2. The Hall–Kier alpha value is -3.37. The summed E-state index contributed by atoms with van der Waals surface area (Å²) in [7, 11) is 1.27. The molecule has 0 radical (unpaired) electrons. The van der Waals surface area contributed by atoms with Gasteiger partial charge in [-0.3, -0.25) is 9.59 Å². The average Bonchev–Trinajstić information content (AvgIpc) is 2.70. The van der Waals surface area contributed by atoms with Gasteiger partial charge in [-0.15, -0.1) is 0 Å². The molecule has 0 fully saturated rings.